The van der Waals surface area contributed by atoms with Crippen LogP contribution in [0.4, 0.5) is 0 Å². The van der Waals surface area contributed by atoms with E-state index >= 15 is 0 Å². The first-order valence-electron chi connectivity index (χ1n) is 13.8. The van der Waals surface area contributed by atoms with Crippen LogP contribution in [0.25, 0.3) is 22.6 Å². The van der Waals surface area contributed by atoms with Crippen molar-refractivity contribution in [1.29, 1.82) is 0 Å². The minimum Gasteiger partial charge on any atom is -0.493 e. The summed E-state index contributed by atoms with van der Waals surface area (Å²) in [5.41, 5.74) is 7.08. The van der Waals surface area contributed by atoms with E-state index in [2.05, 4.69) is 41.4 Å². The van der Waals surface area contributed by atoms with Gasteiger partial charge >= 0.3 is 5.97 Å². The van der Waals surface area contributed by atoms with Crippen LogP contribution in [0.1, 0.15) is 34.6 Å². The molecule has 1 heterocycles. The molecule has 0 aliphatic rings. The number of aryl methyl sites for hydroxylation is 2. The molecule has 0 bridgehead atoms. The van der Waals surface area contributed by atoms with E-state index in [4.69, 9.17) is 13.9 Å². The molecule has 4 aromatic carbocycles. The minimum atomic E-state index is -0.825. The monoisotopic (exact) mass is 547 g/mol. The first kappa shape index (κ1) is 27.9. The predicted octanol–water partition coefficient (Wildman–Crippen LogP) is 7.67. The van der Waals surface area contributed by atoms with Gasteiger partial charge in [0.15, 0.2) is 0 Å². The Morgan fingerprint density at radius 1 is 0.780 bits per heavy atom. The van der Waals surface area contributed by atoms with Crippen molar-refractivity contribution < 1.29 is 23.8 Å². The summed E-state index contributed by atoms with van der Waals surface area (Å²) in [4.78, 5) is 15.9. The lowest BCUT2D eigenvalue weighted by Gasteiger charge is -2.13. The van der Waals surface area contributed by atoms with Crippen molar-refractivity contribution in [3.8, 4) is 28.3 Å². The van der Waals surface area contributed by atoms with Crippen LogP contribution < -0.4 is 4.74 Å². The zero-order valence-corrected chi connectivity index (χ0v) is 23.1. The number of benzene rings is 4. The van der Waals surface area contributed by atoms with Crippen molar-refractivity contribution in [2.24, 2.45) is 0 Å². The van der Waals surface area contributed by atoms with Gasteiger partial charge in [-0.05, 0) is 65.4 Å². The van der Waals surface area contributed by atoms with Crippen LogP contribution in [-0.2, 0) is 35.6 Å². The lowest BCUT2D eigenvalue weighted by atomic mass is 10.0. The van der Waals surface area contributed by atoms with E-state index < -0.39 is 5.97 Å². The third-order valence-electron chi connectivity index (χ3n) is 6.89. The average molecular weight is 548 g/mol. The molecule has 6 nitrogen and oxygen atoms in total. The summed E-state index contributed by atoms with van der Waals surface area (Å²) in [7, 11) is 0. The topological polar surface area (TPSA) is 81.8 Å². The zero-order chi connectivity index (χ0) is 28.4. The van der Waals surface area contributed by atoms with Gasteiger partial charge in [-0.3, -0.25) is 4.79 Å². The summed E-state index contributed by atoms with van der Waals surface area (Å²) in [6, 6.07) is 34.2. The molecule has 0 fully saturated rings. The molecule has 0 radical (unpaired) electrons. The lowest BCUT2D eigenvalue weighted by molar-refractivity contribution is -0.136. The van der Waals surface area contributed by atoms with E-state index in [-0.39, 0.29) is 6.42 Å². The van der Waals surface area contributed by atoms with Crippen LogP contribution in [0.3, 0.4) is 0 Å². The maximum absolute atomic E-state index is 11.2. The fraction of sp³-hybridized carbons (Fsp3) is 0.200. The van der Waals surface area contributed by atoms with Crippen molar-refractivity contribution >= 4 is 5.97 Å². The van der Waals surface area contributed by atoms with Gasteiger partial charge in [-0.2, -0.15) is 0 Å². The number of carboxylic acids is 1. The summed E-state index contributed by atoms with van der Waals surface area (Å²) >= 11 is 0. The van der Waals surface area contributed by atoms with Gasteiger partial charge in [0.05, 0.1) is 25.5 Å². The first-order chi connectivity index (χ1) is 20.0. The van der Waals surface area contributed by atoms with Crippen molar-refractivity contribution in [2.75, 3.05) is 6.61 Å². The fourth-order valence-corrected chi connectivity index (χ4v) is 4.64. The molecule has 1 aromatic heterocycles. The summed E-state index contributed by atoms with van der Waals surface area (Å²) in [5.74, 6) is 1.27. The van der Waals surface area contributed by atoms with Gasteiger partial charge in [-0.15, -0.1) is 0 Å². The van der Waals surface area contributed by atoms with Crippen LogP contribution >= 0.6 is 0 Å². The first-order valence-corrected chi connectivity index (χ1v) is 13.8. The van der Waals surface area contributed by atoms with E-state index in [1.807, 2.05) is 73.7 Å². The smallest absolute Gasteiger partial charge is 0.303 e. The van der Waals surface area contributed by atoms with Gasteiger partial charge in [-0.25, -0.2) is 4.98 Å². The van der Waals surface area contributed by atoms with E-state index in [0.717, 1.165) is 39.3 Å². The molecule has 5 aromatic rings. The Balaban J connectivity index is 1.20. The third-order valence-corrected chi connectivity index (χ3v) is 6.89. The van der Waals surface area contributed by atoms with E-state index in [0.29, 0.717) is 44.3 Å². The second-order valence-electron chi connectivity index (χ2n) is 9.87. The zero-order valence-electron chi connectivity index (χ0n) is 23.1. The maximum Gasteiger partial charge on any atom is 0.303 e. The van der Waals surface area contributed by atoms with Crippen LogP contribution in [0.2, 0.25) is 0 Å². The number of rotatable bonds is 13. The Hall–Kier alpha value is -4.68. The predicted molar refractivity (Wildman–Crippen MR) is 159 cm³/mol. The average Bonchev–Trinajstić information content (AvgIpc) is 3.38. The Labute approximate surface area is 240 Å². The summed E-state index contributed by atoms with van der Waals surface area (Å²) in [5, 5.41) is 9.20. The molecule has 0 aliphatic carbocycles. The molecule has 0 amide bonds. The molecule has 0 unspecified atom stereocenters. The molecule has 0 spiro atoms. The second-order valence-corrected chi connectivity index (χ2v) is 9.87. The number of aromatic nitrogens is 1. The van der Waals surface area contributed by atoms with Crippen LogP contribution in [0.15, 0.2) is 108 Å². The largest absolute Gasteiger partial charge is 0.493 e. The van der Waals surface area contributed by atoms with Crippen molar-refractivity contribution in [1.82, 2.24) is 4.98 Å². The highest BCUT2D eigenvalue weighted by Gasteiger charge is 2.12. The normalized spacial score (nSPS) is 11.0. The standard InChI is InChI=1S/C35H33NO5/c1-25-33(36-35(41-25)30-10-6-3-7-11-30)20-21-40-32-18-16-29(17-19-34(37)38)31(22-32)24-39-23-26-12-14-28(15-13-26)27-8-4-2-5-9-27/h2-16,18,22H,17,19-21,23-24H2,1H3,(H,37,38). The van der Waals surface area contributed by atoms with Gasteiger partial charge in [0.1, 0.15) is 11.5 Å². The Kier molecular flexibility index (Phi) is 9.24. The summed E-state index contributed by atoms with van der Waals surface area (Å²) < 4.78 is 18.0. The minimum absolute atomic E-state index is 0.0589. The highest BCUT2D eigenvalue weighted by molar-refractivity contribution is 5.67. The van der Waals surface area contributed by atoms with Gasteiger partial charge in [-0.1, -0.05) is 78.9 Å². The number of oxazole rings is 1. The third kappa shape index (κ3) is 7.71. The van der Waals surface area contributed by atoms with E-state index in [1.54, 1.807) is 0 Å². The van der Waals surface area contributed by atoms with Crippen molar-refractivity contribution in [3.63, 3.8) is 0 Å². The molecular formula is C35H33NO5. The number of carboxylic acid groups (broad SMARTS) is 1. The number of carbonyl (C=O) groups is 1. The Bertz CT molecular complexity index is 1560. The number of aliphatic carboxylic acids is 1. The van der Waals surface area contributed by atoms with Crippen molar-refractivity contribution in [3.05, 3.63) is 131 Å². The molecule has 41 heavy (non-hydrogen) atoms. The molecule has 0 saturated heterocycles. The van der Waals surface area contributed by atoms with Crippen molar-refractivity contribution in [2.45, 2.75) is 39.4 Å². The molecule has 0 atom stereocenters. The van der Waals surface area contributed by atoms with E-state index in [9.17, 15) is 9.90 Å². The molecule has 0 aliphatic heterocycles. The van der Waals surface area contributed by atoms with Gasteiger partial charge < -0.3 is 19.0 Å². The number of ether oxygens (including phenoxy) is 2. The highest BCUT2D eigenvalue weighted by atomic mass is 16.5. The quantitative estimate of drug-likeness (QED) is 0.163. The molecule has 6 heteroatoms. The van der Waals surface area contributed by atoms with E-state index in [1.165, 1.54) is 5.56 Å². The van der Waals surface area contributed by atoms with Gasteiger partial charge in [0.2, 0.25) is 5.89 Å². The molecule has 1 N–H and O–H groups in total. The highest BCUT2D eigenvalue weighted by Crippen LogP contribution is 2.24. The van der Waals surface area contributed by atoms with Gasteiger partial charge in [0.25, 0.3) is 0 Å². The van der Waals surface area contributed by atoms with Gasteiger partial charge in [0, 0.05) is 18.4 Å². The molecule has 0 saturated carbocycles. The number of hydrogen-bond acceptors (Lipinski definition) is 5. The number of hydrogen-bond donors (Lipinski definition) is 1. The summed E-state index contributed by atoms with van der Waals surface area (Å²) in [6.07, 6.45) is 1.09. The molecular weight excluding hydrogens is 514 g/mol. The Morgan fingerprint density at radius 2 is 1.46 bits per heavy atom. The molecule has 5 rings (SSSR count). The SMILES string of the molecule is Cc1oc(-c2ccccc2)nc1CCOc1ccc(CCC(=O)O)c(COCc2ccc(-c3ccccc3)cc2)c1. The van der Waals surface area contributed by atoms with Crippen LogP contribution in [0.5, 0.6) is 5.75 Å². The summed E-state index contributed by atoms with van der Waals surface area (Å²) in [6.45, 7) is 3.16. The molecule has 208 valence electrons. The lowest BCUT2D eigenvalue weighted by Crippen LogP contribution is -2.06. The number of nitrogens with zero attached hydrogens (tertiary/aromatic N) is 1. The fourth-order valence-electron chi connectivity index (χ4n) is 4.64. The maximum atomic E-state index is 11.2. The van der Waals surface area contributed by atoms with Crippen LogP contribution in [-0.4, -0.2) is 22.7 Å². The van der Waals surface area contributed by atoms with Crippen LogP contribution in [0, 0.1) is 6.92 Å². The Morgan fingerprint density at radius 3 is 2.17 bits per heavy atom. The second kappa shape index (κ2) is 13.6.